The van der Waals surface area contributed by atoms with Gasteiger partial charge in [-0.2, -0.15) is 13.1 Å². The zero-order valence-electron chi connectivity index (χ0n) is 12.8. The number of imidazole rings is 1. The summed E-state index contributed by atoms with van der Waals surface area (Å²) in [5.74, 6) is 0. The number of hydrogen-bond acceptors (Lipinski definition) is 8. The summed E-state index contributed by atoms with van der Waals surface area (Å²) < 4.78 is 50.3. The predicted molar refractivity (Wildman–Crippen MR) is 78.6 cm³/mol. The quantitative estimate of drug-likeness (QED) is 0.724. The molecule has 132 valence electrons. The predicted octanol–water partition coefficient (Wildman–Crippen LogP) is -0.577. The molecule has 1 aliphatic rings. The fraction of sp³-hybridized carbons (Fsp3) is 0.583. The molecule has 0 amide bonds. The minimum absolute atomic E-state index is 0.318. The molecular formula is C12H16FN5O5S. The molecule has 2 N–H and O–H groups in total. The highest BCUT2D eigenvalue weighted by molar-refractivity contribution is 7.84. The van der Waals surface area contributed by atoms with Crippen molar-refractivity contribution in [2.45, 2.75) is 38.1 Å². The Morgan fingerprint density at radius 3 is 2.88 bits per heavy atom. The minimum Gasteiger partial charge on any atom is -0.385 e. The summed E-state index contributed by atoms with van der Waals surface area (Å²) in [5, 5.41) is 9.87. The zero-order valence-corrected chi connectivity index (χ0v) is 13.6. The number of rotatable bonds is 5. The number of nitrogens with zero attached hydrogens (tertiary/aromatic N) is 4. The van der Waals surface area contributed by atoms with Crippen molar-refractivity contribution in [3.8, 4) is 0 Å². The standard InChI is InChI=1S/C12H16FN5O5S/c1-3-6-8-10(16-4-15-6)18(5-17-8)11-7(13)9(19)12(22-11)23-24(20,21)14-2/h4-5,7,9,11-12,14,19H,3H2,1-2H3/t7-,9-,11+,12+/m0/s1. The van der Waals surface area contributed by atoms with E-state index in [-0.39, 0.29) is 0 Å². The minimum atomic E-state index is -4.16. The van der Waals surface area contributed by atoms with Crippen molar-refractivity contribution < 1.29 is 26.8 Å². The lowest BCUT2D eigenvalue weighted by molar-refractivity contribution is -0.122. The van der Waals surface area contributed by atoms with Gasteiger partial charge in [0.2, 0.25) is 6.29 Å². The van der Waals surface area contributed by atoms with E-state index in [1.54, 1.807) is 0 Å². The van der Waals surface area contributed by atoms with E-state index < -0.39 is 35.1 Å². The third-order valence-corrected chi connectivity index (χ3v) is 4.61. The number of ether oxygens (including phenoxy) is 1. The van der Waals surface area contributed by atoms with Gasteiger partial charge in [-0.25, -0.2) is 23.5 Å². The molecule has 1 aliphatic heterocycles. The molecule has 24 heavy (non-hydrogen) atoms. The summed E-state index contributed by atoms with van der Waals surface area (Å²) in [7, 11) is -3.04. The molecule has 1 saturated heterocycles. The Hall–Kier alpha value is -1.73. The monoisotopic (exact) mass is 361 g/mol. The topological polar surface area (TPSA) is 128 Å². The van der Waals surface area contributed by atoms with E-state index in [1.807, 2.05) is 11.6 Å². The van der Waals surface area contributed by atoms with Crippen LogP contribution in [0.15, 0.2) is 12.7 Å². The molecule has 4 atom stereocenters. The van der Waals surface area contributed by atoms with Crippen LogP contribution in [0.4, 0.5) is 4.39 Å². The summed E-state index contributed by atoms with van der Waals surface area (Å²) in [4.78, 5) is 12.3. The number of aliphatic hydroxyl groups is 1. The van der Waals surface area contributed by atoms with Crippen LogP contribution in [0.1, 0.15) is 18.8 Å². The van der Waals surface area contributed by atoms with Gasteiger partial charge < -0.3 is 9.84 Å². The average molecular weight is 361 g/mol. The first-order chi connectivity index (χ1) is 11.4. The fourth-order valence-corrected chi connectivity index (χ4v) is 2.93. The van der Waals surface area contributed by atoms with Crippen molar-refractivity contribution in [3.05, 3.63) is 18.3 Å². The smallest absolute Gasteiger partial charge is 0.338 e. The summed E-state index contributed by atoms with van der Waals surface area (Å²) in [6.07, 6.45) is -3.51. The Morgan fingerprint density at radius 1 is 1.46 bits per heavy atom. The van der Waals surface area contributed by atoms with E-state index in [0.717, 1.165) is 7.05 Å². The third-order valence-electron chi connectivity index (χ3n) is 3.67. The number of halogens is 1. The van der Waals surface area contributed by atoms with Crippen molar-refractivity contribution >= 4 is 21.5 Å². The van der Waals surface area contributed by atoms with Crippen LogP contribution in [0, 0.1) is 0 Å². The number of aliphatic hydroxyl groups excluding tert-OH is 1. The number of fused-ring (bicyclic) bond motifs is 1. The van der Waals surface area contributed by atoms with Crippen LogP contribution in [0.2, 0.25) is 0 Å². The maximum Gasteiger partial charge on any atom is 0.338 e. The molecule has 0 aliphatic carbocycles. The molecular weight excluding hydrogens is 345 g/mol. The SMILES string of the molecule is CCc1ncnc2c1ncn2[C@@H]1O[C@H](OS(=O)(=O)NC)[C@@H](O)[C@@H]1F. The molecule has 12 heteroatoms. The number of nitrogens with one attached hydrogen (secondary N) is 1. The number of aryl methyl sites for hydroxylation is 1. The lowest BCUT2D eigenvalue weighted by atomic mass is 10.2. The molecule has 1 fully saturated rings. The maximum atomic E-state index is 14.4. The van der Waals surface area contributed by atoms with Gasteiger partial charge in [-0.1, -0.05) is 6.92 Å². The summed E-state index contributed by atoms with van der Waals surface area (Å²) >= 11 is 0. The third kappa shape index (κ3) is 2.86. The second-order valence-corrected chi connectivity index (χ2v) is 6.59. The Labute approximate surface area is 136 Å². The molecule has 0 saturated carbocycles. The number of hydrogen-bond donors (Lipinski definition) is 2. The van der Waals surface area contributed by atoms with Gasteiger partial charge in [0.1, 0.15) is 17.9 Å². The Morgan fingerprint density at radius 2 is 2.21 bits per heavy atom. The first-order valence-electron chi connectivity index (χ1n) is 7.13. The summed E-state index contributed by atoms with van der Waals surface area (Å²) in [5.41, 5.74) is 1.48. The van der Waals surface area contributed by atoms with E-state index in [1.165, 1.54) is 17.2 Å². The van der Waals surface area contributed by atoms with Gasteiger partial charge in [0.25, 0.3) is 0 Å². The van der Waals surface area contributed by atoms with E-state index in [9.17, 15) is 17.9 Å². The van der Waals surface area contributed by atoms with Crippen molar-refractivity contribution in [2.75, 3.05) is 7.05 Å². The summed E-state index contributed by atoms with van der Waals surface area (Å²) in [6, 6.07) is 0. The van der Waals surface area contributed by atoms with E-state index >= 15 is 0 Å². The normalized spacial score (nSPS) is 27.8. The first-order valence-corrected chi connectivity index (χ1v) is 8.54. The van der Waals surface area contributed by atoms with Crippen molar-refractivity contribution in [1.29, 1.82) is 0 Å². The first kappa shape index (κ1) is 17.1. The molecule has 0 bridgehead atoms. The van der Waals surface area contributed by atoms with Crippen LogP contribution in [-0.2, 0) is 25.6 Å². The Bertz CT molecular complexity index is 843. The van der Waals surface area contributed by atoms with Crippen molar-refractivity contribution in [1.82, 2.24) is 24.2 Å². The highest BCUT2D eigenvalue weighted by Gasteiger charge is 2.48. The van der Waals surface area contributed by atoms with E-state index in [0.29, 0.717) is 23.3 Å². The largest absolute Gasteiger partial charge is 0.385 e. The molecule has 0 spiro atoms. The maximum absolute atomic E-state index is 14.4. The van der Waals surface area contributed by atoms with Gasteiger partial charge in [-0.15, -0.1) is 0 Å². The van der Waals surface area contributed by atoms with Gasteiger partial charge in [-0.05, 0) is 6.42 Å². The van der Waals surface area contributed by atoms with Crippen LogP contribution < -0.4 is 4.72 Å². The molecule has 2 aromatic rings. The van der Waals surface area contributed by atoms with Gasteiger partial charge in [0, 0.05) is 7.05 Å². The number of alkyl halides is 1. The van der Waals surface area contributed by atoms with Gasteiger partial charge in [0.15, 0.2) is 18.0 Å². The Balaban J connectivity index is 1.93. The van der Waals surface area contributed by atoms with E-state index in [4.69, 9.17) is 4.74 Å². The molecule has 3 heterocycles. The van der Waals surface area contributed by atoms with Crippen molar-refractivity contribution in [3.63, 3.8) is 0 Å². The molecule has 0 aromatic carbocycles. The lowest BCUT2D eigenvalue weighted by Gasteiger charge is -2.15. The van der Waals surface area contributed by atoms with Crippen LogP contribution in [0.25, 0.3) is 11.2 Å². The van der Waals surface area contributed by atoms with E-state index in [2.05, 4.69) is 19.1 Å². The fourth-order valence-electron chi connectivity index (χ4n) is 2.43. The van der Waals surface area contributed by atoms with Crippen LogP contribution >= 0.6 is 0 Å². The highest BCUT2D eigenvalue weighted by atomic mass is 32.2. The average Bonchev–Trinajstić information content (AvgIpc) is 3.11. The molecule has 2 aromatic heterocycles. The van der Waals surface area contributed by atoms with Gasteiger partial charge in [-0.3, -0.25) is 4.57 Å². The molecule has 0 radical (unpaired) electrons. The Kier molecular flexibility index (Phi) is 4.48. The molecule has 10 nitrogen and oxygen atoms in total. The highest BCUT2D eigenvalue weighted by Crippen LogP contribution is 2.34. The van der Waals surface area contributed by atoms with Crippen LogP contribution in [-0.4, -0.2) is 58.7 Å². The van der Waals surface area contributed by atoms with Crippen LogP contribution in [0.3, 0.4) is 0 Å². The second-order valence-electron chi connectivity index (χ2n) is 5.08. The molecule has 0 unspecified atom stereocenters. The van der Waals surface area contributed by atoms with Gasteiger partial charge in [0.05, 0.1) is 12.0 Å². The van der Waals surface area contributed by atoms with Crippen LogP contribution in [0.5, 0.6) is 0 Å². The molecule has 3 rings (SSSR count). The number of aromatic nitrogens is 4. The van der Waals surface area contributed by atoms with Gasteiger partial charge >= 0.3 is 10.3 Å². The zero-order chi connectivity index (χ0) is 17.5. The van der Waals surface area contributed by atoms with Crippen molar-refractivity contribution in [2.24, 2.45) is 0 Å². The second kappa shape index (κ2) is 6.29. The summed E-state index contributed by atoms with van der Waals surface area (Å²) in [6.45, 7) is 1.89. The lowest BCUT2D eigenvalue weighted by Crippen LogP contribution is -2.35.